The second-order valence-corrected chi connectivity index (χ2v) is 6.65. The first-order chi connectivity index (χ1) is 12.1. The molecule has 2 N–H and O–H groups in total. The summed E-state index contributed by atoms with van der Waals surface area (Å²) in [5, 5.41) is 0. The van der Waals surface area contributed by atoms with Crippen LogP contribution in [0, 0.1) is 6.92 Å². The number of methoxy groups -OCH3 is 1. The fraction of sp³-hybridized carbons (Fsp3) is 0.182. The van der Waals surface area contributed by atoms with Gasteiger partial charge in [0.25, 0.3) is 0 Å². The number of nitrogens with two attached hydrogens (primary N) is 1. The summed E-state index contributed by atoms with van der Waals surface area (Å²) in [6, 6.07) is 21.3. The molecule has 4 rings (SSSR count). The molecule has 3 aromatic rings. The van der Waals surface area contributed by atoms with Crippen LogP contribution in [0.25, 0.3) is 11.1 Å². The molecule has 1 heterocycles. The highest BCUT2D eigenvalue weighted by Gasteiger charge is 2.30. The van der Waals surface area contributed by atoms with Gasteiger partial charge < -0.3 is 15.4 Å². The minimum absolute atomic E-state index is 0.124. The van der Waals surface area contributed by atoms with Crippen molar-refractivity contribution in [2.24, 2.45) is 0 Å². The average molecular weight is 329 g/mol. The van der Waals surface area contributed by atoms with Crippen molar-refractivity contribution in [3.63, 3.8) is 0 Å². The van der Waals surface area contributed by atoms with Crippen molar-refractivity contribution < 1.29 is 4.74 Å². The van der Waals surface area contributed by atoms with Crippen molar-refractivity contribution >= 4 is 11.4 Å². The first kappa shape index (κ1) is 15.6. The van der Waals surface area contributed by atoms with Crippen LogP contribution >= 0.6 is 0 Å². The molecule has 126 valence electrons. The third kappa shape index (κ3) is 2.52. The van der Waals surface area contributed by atoms with Crippen molar-refractivity contribution in [1.29, 1.82) is 0 Å². The van der Waals surface area contributed by atoms with Crippen molar-refractivity contribution in [3.05, 3.63) is 77.4 Å². The molecule has 0 bridgehead atoms. The fourth-order valence-electron chi connectivity index (χ4n) is 3.75. The summed E-state index contributed by atoms with van der Waals surface area (Å²) in [6.45, 7) is 2.13. The number of fused-ring (bicyclic) bond motifs is 3. The Morgan fingerprint density at radius 3 is 2.36 bits per heavy atom. The van der Waals surface area contributed by atoms with Crippen LogP contribution in [0.2, 0.25) is 0 Å². The summed E-state index contributed by atoms with van der Waals surface area (Å²) in [5.74, 6) is 0.867. The molecule has 0 amide bonds. The van der Waals surface area contributed by atoms with E-state index in [1.54, 1.807) is 7.11 Å². The van der Waals surface area contributed by atoms with Crippen molar-refractivity contribution in [2.45, 2.75) is 13.0 Å². The van der Waals surface area contributed by atoms with Gasteiger partial charge in [-0.15, -0.1) is 0 Å². The van der Waals surface area contributed by atoms with Gasteiger partial charge in [0, 0.05) is 24.0 Å². The van der Waals surface area contributed by atoms with Crippen LogP contribution in [0.15, 0.2) is 60.7 Å². The van der Waals surface area contributed by atoms with Gasteiger partial charge in [-0.3, -0.25) is 0 Å². The van der Waals surface area contributed by atoms with E-state index in [0.717, 1.165) is 11.4 Å². The van der Waals surface area contributed by atoms with Crippen molar-refractivity contribution in [1.82, 2.24) is 0 Å². The van der Waals surface area contributed by atoms with E-state index < -0.39 is 0 Å². The third-order valence-electron chi connectivity index (χ3n) is 5.01. The molecule has 0 spiro atoms. The van der Waals surface area contributed by atoms with Crippen LogP contribution in [-0.4, -0.2) is 14.2 Å². The topological polar surface area (TPSA) is 38.5 Å². The van der Waals surface area contributed by atoms with Gasteiger partial charge in [0.15, 0.2) is 0 Å². The lowest BCUT2D eigenvalue weighted by atomic mass is 9.84. The van der Waals surface area contributed by atoms with Gasteiger partial charge in [-0.25, -0.2) is 0 Å². The zero-order valence-corrected chi connectivity index (χ0v) is 14.8. The lowest BCUT2D eigenvalue weighted by Crippen LogP contribution is -2.29. The van der Waals surface area contributed by atoms with E-state index in [4.69, 9.17) is 10.5 Å². The molecule has 3 aromatic carbocycles. The smallest absolute Gasteiger partial charge is 0.118 e. The normalized spacial score (nSPS) is 15.5. The Kier molecular flexibility index (Phi) is 3.65. The van der Waals surface area contributed by atoms with Gasteiger partial charge in [-0.2, -0.15) is 0 Å². The molecule has 0 saturated carbocycles. The minimum atomic E-state index is 0.124. The van der Waals surface area contributed by atoms with E-state index in [0.29, 0.717) is 0 Å². The second kappa shape index (κ2) is 5.85. The third-order valence-corrected chi connectivity index (χ3v) is 5.01. The van der Waals surface area contributed by atoms with Gasteiger partial charge in [-0.1, -0.05) is 30.3 Å². The SMILES string of the molecule is Cc1ccc2c(c1)N(C)C(c1ccc(O[11CH3])cc1)c1cc(N)ccc1-2. The molecule has 1 unspecified atom stereocenters. The number of hydrogen-bond donors (Lipinski definition) is 1. The summed E-state index contributed by atoms with van der Waals surface area (Å²) in [4.78, 5) is 2.34. The second-order valence-electron chi connectivity index (χ2n) is 6.65. The molecule has 0 radical (unpaired) electrons. The van der Waals surface area contributed by atoms with E-state index in [1.165, 1.54) is 33.5 Å². The Morgan fingerprint density at radius 2 is 1.64 bits per heavy atom. The number of nitrogen functional groups attached to an aromatic ring is 1. The molecule has 1 atom stereocenters. The predicted molar refractivity (Wildman–Crippen MR) is 104 cm³/mol. The zero-order chi connectivity index (χ0) is 17.6. The molecule has 0 saturated heterocycles. The molecule has 0 aromatic heterocycles. The maximum absolute atomic E-state index is 6.12. The molecule has 25 heavy (non-hydrogen) atoms. The van der Waals surface area contributed by atoms with Gasteiger partial charge in [0.1, 0.15) is 5.75 Å². The van der Waals surface area contributed by atoms with Crippen LogP contribution in [0.5, 0.6) is 5.75 Å². The van der Waals surface area contributed by atoms with Crippen LogP contribution in [0.3, 0.4) is 0 Å². The largest absolute Gasteiger partial charge is 0.497 e. The van der Waals surface area contributed by atoms with Gasteiger partial charge >= 0.3 is 0 Å². The van der Waals surface area contributed by atoms with Gasteiger partial charge in [-0.05, 0) is 59.5 Å². The van der Waals surface area contributed by atoms with Gasteiger partial charge in [0.05, 0.1) is 13.2 Å². The molecular weight excluding hydrogens is 307 g/mol. The lowest BCUT2D eigenvalue weighted by molar-refractivity contribution is 0.414. The molecule has 1 aliphatic heterocycles. The van der Waals surface area contributed by atoms with Crippen LogP contribution in [-0.2, 0) is 0 Å². The lowest BCUT2D eigenvalue weighted by Gasteiger charge is -2.38. The molecule has 3 heteroatoms. The number of hydrogen-bond acceptors (Lipinski definition) is 3. The van der Waals surface area contributed by atoms with Crippen LogP contribution in [0.1, 0.15) is 22.7 Å². The Bertz CT molecular complexity index is 931. The summed E-state index contributed by atoms with van der Waals surface area (Å²) >= 11 is 0. The Morgan fingerprint density at radius 1 is 0.920 bits per heavy atom. The predicted octanol–water partition coefficient (Wildman–Crippen LogP) is 4.79. The molecule has 0 fully saturated rings. The number of anilines is 2. The van der Waals surface area contributed by atoms with E-state index in [-0.39, 0.29) is 6.04 Å². The van der Waals surface area contributed by atoms with E-state index >= 15 is 0 Å². The maximum atomic E-state index is 6.12. The van der Waals surface area contributed by atoms with E-state index in [1.807, 2.05) is 18.2 Å². The van der Waals surface area contributed by atoms with E-state index in [9.17, 15) is 0 Å². The quantitative estimate of drug-likeness (QED) is 0.687. The highest BCUT2D eigenvalue weighted by atomic mass is 16.4. The number of nitrogens with zero attached hydrogens (tertiary/aromatic N) is 1. The average Bonchev–Trinajstić information content (AvgIpc) is 2.62. The monoisotopic (exact) mass is 329 g/mol. The number of benzene rings is 3. The van der Waals surface area contributed by atoms with Crippen LogP contribution < -0.4 is 15.4 Å². The van der Waals surface area contributed by atoms with Gasteiger partial charge in [0.2, 0.25) is 0 Å². The highest BCUT2D eigenvalue weighted by molar-refractivity contribution is 5.86. The van der Waals surface area contributed by atoms with Crippen molar-refractivity contribution in [2.75, 3.05) is 24.8 Å². The number of rotatable bonds is 2. The van der Waals surface area contributed by atoms with Crippen LogP contribution in [0.4, 0.5) is 11.4 Å². The fourth-order valence-corrected chi connectivity index (χ4v) is 3.75. The van der Waals surface area contributed by atoms with Crippen molar-refractivity contribution in [3.8, 4) is 16.9 Å². The first-order valence-electron chi connectivity index (χ1n) is 8.45. The first-order valence-corrected chi connectivity index (χ1v) is 8.45. The zero-order valence-electron chi connectivity index (χ0n) is 14.8. The molecule has 3 nitrogen and oxygen atoms in total. The summed E-state index contributed by atoms with van der Waals surface area (Å²) in [5.41, 5.74) is 14.4. The molecule has 0 aliphatic carbocycles. The number of aryl methyl sites for hydroxylation is 1. The highest BCUT2D eigenvalue weighted by Crippen LogP contribution is 2.47. The Hall–Kier alpha value is -2.94. The Labute approximate surface area is 148 Å². The molecule has 1 aliphatic rings. The summed E-state index contributed by atoms with van der Waals surface area (Å²) in [7, 11) is 3.84. The standard InChI is InChI=1S/C22H22N2O/c1-14-4-10-19-18-11-7-16(23)13-20(18)22(24(2)21(19)12-14)15-5-8-17(25-3)9-6-15/h4-13,22H,23H2,1-3H3/i3-1. The minimum Gasteiger partial charge on any atom is -0.497 e. The van der Waals surface area contributed by atoms with E-state index in [2.05, 4.69) is 61.3 Å². The number of ether oxygens (including phenoxy) is 1. The Balaban J connectivity index is 1.94. The summed E-state index contributed by atoms with van der Waals surface area (Å²) in [6.07, 6.45) is 0. The summed E-state index contributed by atoms with van der Waals surface area (Å²) < 4.78 is 5.31. The maximum Gasteiger partial charge on any atom is 0.118 e. The molecular formula is C22H22N2O.